The Bertz CT molecular complexity index is 591. The zero-order valence-corrected chi connectivity index (χ0v) is 11.2. The van der Waals surface area contributed by atoms with Gasteiger partial charge in [-0.2, -0.15) is 4.68 Å². The van der Waals surface area contributed by atoms with Gasteiger partial charge >= 0.3 is 11.8 Å². The number of carbonyl (C=O) groups is 1. The fourth-order valence-electron chi connectivity index (χ4n) is 1.33. The lowest BCUT2D eigenvalue weighted by molar-refractivity contribution is -0.389. The minimum absolute atomic E-state index is 0.0840. The number of sulfone groups is 1. The molecule has 0 aliphatic heterocycles. The van der Waals surface area contributed by atoms with Crippen LogP contribution in [-0.2, 0) is 25.2 Å². The molecule has 1 rings (SSSR count). The van der Waals surface area contributed by atoms with Gasteiger partial charge < -0.3 is 14.9 Å². The Morgan fingerprint density at radius 1 is 1.58 bits per heavy atom. The van der Waals surface area contributed by atoms with Crippen LogP contribution in [0.5, 0.6) is 0 Å². The summed E-state index contributed by atoms with van der Waals surface area (Å²) < 4.78 is 28.9. The van der Waals surface area contributed by atoms with Crippen LogP contribution in [0.15, 0.2) is 6.07 Å². The van der Waals surface area contributed by atoms with E-state index in [4.69, 9.17) is 0 Å². The van der Waals surface area contributed by atoms with Gasteiger partial charge in [0.25, 0.3) is 0 Å². The molecule has 0 atom stereocenters. The van der Waals surface area contributed by atoms with Crippen LogP contribution in [0.2, 0.25) is 0 Å². The predicted molar refractivity (Wildman–Crippen MR) is 64.0 cm³/mol. The van der Waals surface area contributed by atoms with Gasteiger partial charge in [0.05, 0.1) is 23.5 Å². The lowest BCUT2D eigenvalue weighted by Gasteiger charge is -2.03. The minimum Gasteiger partial charge on any atom is -0.465 e. The van der Waals surface area contributed by atoms with E-state index in [0.29, 0.717) is 5.69 Å². The second-order valence-electron chi connectivity index (χ2n) is 3.72. The van der Waals surface area contributed by atoms with Crippen molar-refractivity contribution in [1.29, 1.82) is 0 Å². The molecule has 1 aromatic rings. The summed E-state index contributed by atoms with van der Waals surface area (Å²) in [4.78, 5) is 20.9. The molecule has 9 nitrogen and oxygen atoms in total. The Hall–Kier alpha value is -1.97. The van der Waals surface area contributed by atoms with Crippen molar-refractivity contribution >= 4 is 21.6 Å². The number of aromatic nitrogens is 2. The van der Waals surface area contributed by atoms with Crippen molar-refractivity contribution in [2.45, 2.75) is 19.7 Å². The molecule has 0 saturated heterocycles. The van der Waals surface area contributed by atoms with E-state index in [-0.39, 0.29) is 6.61 Å². The van der Waals surface area contributed by atoms with Crippen molar-refractivity contribution < 1.29 is 22.9 Å². The summed E-state index contributed by atoms with van der Waals surface area (Å²) >= 11 is 0. The summed E-state index contributed by atoms with van der Waals surface area (Å²) in [6.07, 6.45) is 0. The van der Waals surface area contributed by atoms with Crippen LogP contribution in [0.3, 0.4) is 0 Å². The molecule has 0 saturated carbocycles. The fourth-order valence-corrected chi connectivity index (χ4v) is 2.49. The van der Waals surface area contributed by atoms with Gasteiger partial charge in [0.1, 0.15) is 5.75 Å². The summed E-state index contributed by atoms with van der Waals surface area (Å²) in [7, 11) is -3.79. The molecule has 0 aromatic carbocycles. The van der Waals surface area contributed by atoms with Gasteiger partial charge in [0.15, 0.2) is 15.7 Å². The monoisotopic (exact) mass is 291 g/mol. The van der Waals surface area contributed by atoms with Crippen LogP contribution in [0.1, 0.15) is 12.6 Å². The first-order valence-electron chi connectivity index (χ1n) is 5.30. The third-order valence-electron chi connectivity index (χ3n) is 2.12. The third-order valence-corrected chi connectivity index (χ3v) is 3.43. The molecule has 1 aromatic heterocycles. The van der Waals surface area contributed by atoms with Crippen LogP contribution >= 0.6 is 0 Å². The van der Waals surface area contributed by atoms with E-state index < -0.39 is 38.2 Å². The molecule has 10 heteroatoms. The quantitative estimate of drug-likeness (QED) is 0.412. The average Bonchev–Trinajstić information content (AvgIpc) is 2.59. The number of esters is 1. The average molecular weight is 291 g/mol. The maximum atomic E-state index is 11.7. The molecule has 0 aliphatic carbocycles. The first-order chi connectivity index (χ1) is 8.75. The van der Waals surface area contributed by atoms with Crippen molar-refractivity contribution in [1.82, 2.24) is 9.78 Å². The van der Waals surface area contributed by atoms with E-state index in [0.717, 1.165) is 10.7 Å². The van der Waals surface area contributed by atoms with Crippen LogP contribution < -0.4 is 0 Å². The highest BCUT2D eigenvalue weighted by Gasteiger charge is 2.23. The van der Waals surface area contributed by atoms with Crippen LogP contribution in [-0.4, -0.2) is 41.5 Å². The van der Waals surface area contributed by atoms with Crippen molar-refractivity contribution in [3.63, 3.8) is 0 Å². The smallest absolute Gasteiger partial charge is 0.390 e. The zero-order chi connectivity index (χ0) is 14.6. The number of carbonyl (C=O) groups excluding carboxylic acids is 1. The van der Waals surface area contributed by atoms with Gasteiger partial charge in [-0.3, -0.25) is 4.79 Å². The Morgan fingerprint density at radius 3 is 2.68 bits per heavy atom. The standard InChI is InChI=1S/C9H13N3O6S/c1-3-18-9(13)5-19(16,17)6-11-7(2)4-8(10-11)12(14)15/h4H,3,5-6H2,1-2H3. The molecule has 19 heavy (non-hydrogen) atoms. The van der Waals surface area contributed by atoms with Crippen LogP contribution in [0.25, 0.3) is 0 Å². The number of aryl methyl sites for hydroxylation is 1. The minimum atomic E-state index is -3.79. The van der Waals surface area contributed by atoms with Crippen molar-refractivity contribution in [3.8, 4) is 0 Å². The summed E-state index contributed by atoms with van der Waals surface area (Å²) in [5.74, 6) is -2.69. The second-order valence-corrected chi connectivity index (χ2v) is 5.76. The molecule has 0 amide bonds. The summed E-state index contributed by atoms with van der Waals surface area (Å²) in [5, 5.41) is 14.0. The number of nitrogens with zero attached hydrogens (tertiary/aromatic N) is 3. The Morgan fingerprint density at radius 2 is 2.21 bits per heavy atom. The third kappa shape index (κ3) is 4.32. The van der Waals surface area contributed by atoms with E-state index in [1.165, 1.54) is 6.92 Å². The fraction of sp³-hybridized carbons (Fsp3) is 0.556. The molecular formula is C9H13N3O6S. The lowest BCUT2D eigenvalue weighted by atomic mass is 10.5. The maximum absolute atomic E-state index is 11.7. The van der Waals surface area contributed by atoms with Gasteiger partial charge in [-0.05, 0) is 18.8 Å². The number of hydrogen-bond donors (Lipinski definition) is 0. The van der Waals surface area contributed by atoms with E-state index in [1.807, 2.05) is 0 Å². The second kappa shape index (κ2) is 5.78. The molecule has 106 valence electrons. The highest BCUT2D eigenvalue weighted by molar-refractivity contribution is 7.91. The Labute approximate surface area is 109 Å². The maximum Gasteiger partial charge on any atom is 0.390 e. The number of rotatable bonds is 6. The van der Waals surface area contributed by atoms with Gasteiger partial charge in [-0.1, -0.05) is 0 Å². The summed E-state index contributed by atoms with van der Waals surface area (Å²) in [5.41, 5.74) is 0.319. The van der Waals surface area contributed by atoms with E-state index in [1.54, 1.807) is 6.92 Å². The lowest BCUT2D eigenvalue weighted by Crippen LogP contribution is -2.23. The topological polar surface area (TPSA) is 121 Å². The van der Waals surface area contributed by atoms with E-state index >= 15 is 0 Å². The van der Waals surface area contributed by atoms with Gasteiger partial charge in [0.2, 0.25) is 0 Å². The summed E-state index contributed by atoms with van der Waals surface area (Å²) in [6, 6.07) is 1.15. The number of ether oxygens (including phenoxy) is 1. The molecule has 0 unspecified atom stereocenters. The normalized spacial score (nSPS) is 11.3. The molecule has 0 N–H and O–H groups in total. The van der Waals surface area contributed by atoms with E-state index in [9.17, 15) is 23.3 Å². The molecular weight excluding hydrogens is 278 g/mol. The number of nitro groups is 1. The summed E-state index contributed by atoms with van der Waals surface area (Å²) in [6.45, 7) is 3.13. The Kier molecular flexibility index (Phi) is 4.59. The van der Waals surface area contributed by atoms with Crippen LogP contribution in [0.4, 0.5) is 5.82 Å². The zero-order valence-electron chi connectivity index (χ0n) is 10.4. The van der Waals surface area contributed by atoms with Crippen molar-refractivity contribution in [3.05, 3.63) is 21.9 Å². The Balaban J connectivity index is 2.84. The molecule has 1 heterocycles. The molecule has 0 radical (unpaired) electrons. The predicted octanol–water partition coefficient (Wildman–Crippen LogP) is 0.0351. The van der Waals surface area contributed by atoms with Crippen molar-refractivity contribution in [2.24, 2.45) is 0 Å². The highest BCUT2D eigenvalue weighted by atomic mass is 32.2. The van der Waals surface area contributed by atoms with Gasteiger partial charge in [-0.15, -0.1) is 0 Å². The van der Waals surface area contributed by atoms with Gasteiger partial charge in [-0.25, -0.2) is 8.42 Å². The molecule has 0 aliphatic rings. The molecule has 0 fully saturated rings. The van der Waals surface area contributed by atoms with Crippen LogP contribution in [0, 0.1) is 17.0 Å². The molecule has 0 bridgehead atoms. The largest absolute Gasteiger partial charge is 0.465 e. The van der Waals surface area contributed by atoms with Crippen molar-refractivity contribution in [2.75, 3.05) is 12.4 Å². The van der Waals surface area contributed by atoms with E-state index in [2.05, 4.69) is 9.84 Å². The first kappa shape index (κ1) is 15.1. The number of hydrogen-bond acceptors (Lipinski definition) is 7. The molecule has 0 spiro atoms. The highest BCUT2D eigenvalue weighted by Crippen LogP contribution is 2.12. The SMILES string of the molecule is CCOC(=O)CS(=O)(=O)Cn1nc([N+](=O)[O-])cc1C. The van der Waals surface area contributed by atoms with Gasteiger partial charge in [0, 0.05) is 0 Å². The first-order valence-corrected chi connectivity index (χ1v) is 7.12.